The molecule has 3 nitrogen and oxygen atoms in total. The maximum Gasteiger partial charge on any atom is 0.330 e. The lowest BCUT2D eigenvalue weighted by molar-refractivity contribution is -0.207. The number of hydrogen-bond acceptors (Lipinski definition) is 3. The van der Waals surface area contributed by atoms with Crippen LogP contribution in [0.4, 0.5) is 0 Å². The molecule has 15 heavy (non-hydrogen) atoms. The Morgan fingerprint density at radius 2 is 2.13 bits per heavy atom. The number of hydroxylamine groups is 2. The van der Waals surface area contributed by atoms with E-state index in [1.807, 2.05) is 25.8 Å². The van der Waals surface area contributed by atoms with Crippen molar-refractivity contribution >= 4 is 5.97 Å². The van der Waals surface area contributed by atoms with Crippen LogP contribution in [-0.4, -0.2) is 24.1 Å². The van der Waals surface area contributed by atoms with E-state index in [9.17, 15) is 4.79 Å². The van der Waals surface area contributed by atoms with Gasteiger partial charge in [-0.15, -0.1) is 5.06 Å². The molecule has 0 saturated carbocycles. The van der Waals surface area contributed by atoms with E-state index < -0.39 is 5.41 Å². The van der Waals surface area contributed by atoms with Gasteiger partial charge in [-0.1, -0.05) is 13.3 Å². The molecule has 1 rings (SSSR count). The molecule has 0 aromatic rings. The van der Waals surface area contributed by atoms with Crippen LogP contribution in [0.2, 0.25) is 0 Å². The summed E-state index contributed by atoms with van der Waals surface area (Å²) in [5.74, 6) is 0.561. The van der Waals surface area contributed by atoms with Gasteiger partial charge in [0.25, 0.3) is 0 Å². The first-order valence-corrected chi connectivity index (χ1v) is 5.91. The van der Waals surface area contributed by atoms with E-state index in [2.05, 4.69) is 6.92 Å². The predicted octanol–water partition coefficient (Wildman–Crippen LogP) is 2.61. The number of carbonyl (C=O) groups is 1. The van der Waals surface area contributed by atoms with Crippen LogP contribution in [0.1, 0.15) is 47.0 Å². The fourth-order valence-electron chi connectivity index (χ4n) is 1.70. The Kier molecular flexibility index (Phi) is 4.14. The maximum atomic E-state index is 11.7. The van der Waals surface area contributed by atoms with Crippen molar-refractivity contribution < 1.29 is 9.63 Å². The Hall–Kier alpha value is -0.570. The highest BCUT2D eigenvalue weighted by Crippen LogP contribution is 2.22. The molecule has 1 aliphatic heterocycles. The Labute approximate surface area is 92.7 Å². The molecule has 1 fully saturated rings. The van der Waals surface area contributed by atoms with Crippen molar-refractivity contribution in [2.75, 3.05) is 13.1 Å². The van der Waals surface area contributed by atoms with E-state index in [0.717, 1.165) is 19.5 Å². The van der Waals surface area contributed by atoms with Gasteiger partial charge < -0.3 is 4.84 Å². The molecule has 88 valence electrons. The van der Waals surface area contributed by atoms with Gasteiger partial charge >= 0.3 is 5.97 Å². The van der Waals surface area contributed by atoms with Crippen LogP contribution < -0.4 is 0 Å². The fraction of sp³-hybridized carbons (Fsp3) is 0.917. The molecule has 0 spiro atoms. The molecular weight excluding hydrogens is 190 g/mol. The second-order valence-corrected chi connectivity index (χ2v) is 5.43. The lowest BCUT2D eigenvalue weighted by Gasteiger charge is -2.32. The molecule has 0 aromatic heterocycles. The monoisotopic (exact) mass is 213 g/mol. The fourth-order valence-corrected chi connectivity index (χ4v) is 1.70. The second-order valence-electron chi connectivity index (χ2n) is 5.43. The summed E-state index contributed by atoms with van der Waals surface area (Å²) in [6, 6.07) is 0. The Balaban J connectivity index is 2.41. The first-order chi connectivity index (χ1) is 6.93. The van der Waals surface area contributed by atoms with Crippen LogP contribution in [0, 0.1) is 11.3 Å². The molecule has 0 amide bonds. The molecule has 0 N–H and O–H groups in total. The van der Waals surface area contributed by atoms with Crippen LogP contribution in [0.5, 0.6) is 0 Å². The van der Waals surface area contributed by atoms with E-state index in [1.54, 1.807) is 0 Å². The van der Waals surface area contributed by atoms with Crippen LogP contribution in [0.3, 0.4) is 0 Å². The van der Waals surface area contributed by atoms with Crippen molar-refractivity contribution in [3.8, 4) is 0 Å². The third-order valence-electron chi connectivity index (χ3n) is 2.88. The van der Waals surface area contributed by atoms with Crippen molar-refractivity contribution in [1.29, 1.82) is 0 Å². The Morgan fingerprint density at radius 1 is 1.47 bits per heavy atom. The van der Waals surface area contributed by atoms with Crippen LogP contribution >= 0.6 is 0 Å². The highest BCUT2D eigenvalue weighted by Gasteiger charge is 2.28. The number of hydrogen-bond donors (Lipinski definition) is 0. The molecule has 1 atom stereocenters. The van der Waals surface area contributed by atoms with Crippen molar-refractivity contribution in [3.63, 3.8) is 0 Å². The third kappa shape index (κ3) is 3.82. The minimum Gasteiger partial charge on any atom is -0.367 e. The van der Waals surface area contributed by atoms with Gasteiger partial charge in [0.2, 0.25) is 0 Å². The first kappa shape index (κ1) is 12.5. The molecule has 3 heteroatoms. The smallest absolute Gasteiger partial charge is 0.330 e. The molecule has 1 saturated heterocycles. The number of piperidine rings is 1. The zero-order valence-corrected chi connectivity index (χ0v) is 10.4. The number of rotatable bonds is 2. The standard InChI is InChI=1S/C12H23NO2/c1-5-10-7-6-8-13(9-10)15-11(14)12(2,3)4/h10H,5-9H2,1-4H3. The lowest BCUT2D eigenvalue weighted by atomic mass is 9.96. The lowest BCUT2D eigenvalue weighted by Crippen LogP contribution is -2.39. The van der Waals surface area contributed by atoms with Crippen LogP contribution in [-0.2, 0) is 9.63 Å². The summed E-state index contributed by atoms with van der Waals surface area (Å²) in [6.45, 7) is 9.64. The normalized spacial score (nSPS) is 23.9. The third-order valence-corrected chi connectivity index (χ3v) is 2.88. The zero-order chi connectivity index (χ0) is 11.5. The van der Waals surface area contributed by atoms with E-state index >= 15 is 0 Å². The Bertz CT molecular complexity index is 220. The van der Waals surface area contributed by atoms with Crippen molar-refractivity contribution in [2.45, 2.75) is 47.0 Å². The summed E-state index contributed by atoms with van der Waals surface area (Å²) in [6.07, 6.45) is 3.57. The summed E-state index contributed by atoms with van der Waals surface area (Å²) in [7, 11) is 0. The van der Waals surface area contributed by atoms with Crippen molar-refractivity contribution in [3.05, 3.63) is 0 Å². The highest BCUT2D eigenvalue weighted by atomic mass is 16.7. The predicted molar refractivity (Wildman–Crippen MR) is 60.1 cm³/mol. The molecule has 1 heterocycles. The molecule has 1 aliphatic rings. The summed E-state index contributed by atoms with van der Waals surface area (Å²) in [5, 5.41) is 1.84. The molecule has 0 radical (unpaired) electrons. The molecule has 0 bridgehead atoms. The minimum atomic E-state index is -0.404. The van der Waals surface area contributed by atoms with E-state index in [0.29, 0.717) is 5.92 Å². The molecule has 0 aromatic carbocycles. The zero-order valence-electron chi connectivity index (χ0n) is 10.4. The van der Waals surface area contributed by atoms with Gasteiger partial charge in [-0.05, 0) is 39.5 Å². The summed E-state index contributed by atoms with van der Waals surface area (Å²) >= 11 is 0. The van der Waals surface area contributed by atoms with Gasteiger partial charge in [0.15, 0.2) is 0 Å². The average Bonchev–Trinajstić information content (AvgIpc) is 2.16. The Morgan fingerprint density at radius 3 is 2.67 bits per heavy atom. The maximum absolute atomic E-state index is 11.7. The van der Waals surface area contributed by atoms with Crippen LogP contribution in [0.15, 0.2) is 0 Å². The SMILES string of the molecule is CCC1CCCN(OC(=O)C(C)(C)C)C1. The number of carbonyl (C=O) groups excluding carboxylic acids is 1. The molecule has 1 unspecified atom stereocenters. The number of nitrogens with zero attached hydrogens (tertiary/aromatic N) is 1. The van der Waals surface area contributed by atoms with Gasteiger partial charge in [0.05, 0.1) is 5.41 Å². The van der Waals surface area contributed by atoms with E-state index in [4.69, 9.17) is 4.84 Å². The van der Waals surface area contributed by atoms with Gasteiger partial charge in [-0.3, -0.25) is 0 Å². The minimum absolute atomic E-state index is 0.126. The average molecular weight is 213 g/mol. The summed E-state index contributed by atoms with van der Waals surface area (Å²) in [4.78, 5) is 17.0. The quantitative estimate of drug-likeness (QED) is 0.706. The second kappa shape index (κ2) is 4.97. The topological polar surface area (TPSA) is 29.5 Å². The van der Waals surface area contributed by atoms with Gasteiger partial charge in [0, 0.05) is 13.1 Å². The van der Waals surface area contributed by atoms with E-state index in [-0.39, 0.29) is 5.97 Å². The first-order valence-electron chi connectivity index (χ1n) is 5.91. The largest absolute Gasteiger partial charge is 0.367 e. The van der Waals surface area contributed by atoms with Gasteiger partial charge in [0.1, 0.15) is 0 Å². The van der Waals surface area contributed by atoms with Gasteiger partial charge in [-0.25, -0.2) is 4.79 Å². The van der Waals surface area contributed by atoms with Crippen molar-refractivity contribution in [1.82, 2.24) is 5.06 Å². The van der Waals surface area contributed by atoms with Gasteiger partial charge in [-0.2, -0.15) is 0 Å². The molecule has 0 aliphatic carbocycles. The van der Waals surface area contributed by atoms with Crippen LogP contribution in [0.25, 0.3) is 0 Å². The summed E-state index contributed by atoms with van der Waals surface area (Å²) in [5.41, 5.74) is -0.404. The summed E-state index contributed by atoms with van der Waals surface area (Å²) < 4.78 is 0. The highest BCUT2D eigenvalue weighted by molar-refractivity contribution is 5.75. The van der Waals surface area contributed by atoms with E-state index in [1.165, 1.54) is 12.8 Å². The molecular formula is C12H23NO2. The van der Waals surface area contributed by atoms with Crippen molar-refractivity contribution in [2.24, 2.45) is 11.3 Å².